The van der Waals surface area contributed by atoms with Crippen LogP contribution in [0.25, 0.3) is 0 Å². The summed E-state index contributed by atoms with van der Waals surface area (Å²) >= 11 is 0. The minimum Gasteiger partial charge on any atom is -0.503 e. The fourth-order valence-corrected chi connectivity index (χ4v) is 2.50. The molecule has 0 saturated heterocycles. The van der Waals surface area contributed by atoms with Gasteiger partial charge in [0.1, 0.15) is 0 Å². The maximum Gasteiger partial charge on any atom is 0.223 e. The predicted molar refractivity (Wildman–Crippen MR) is 80.0 cm³/mol. The molecule has 0 unspecified atom stereocenters. The van der Waals surface area contributed by atoms with Crippen molar-refractivity contribution in [2.75, 3.05) is 19.7 Å². The molecule has 1 aromatic heterocycles. The first-order valence-electron chi connectivity index (χ1n) is 7.30. The van der Waals surface area contributed by atoms with E-state index in [1.54, 1.807) is 0 Å². The Morgan fingerprint density at radius 2 is 1.85 bits per heavy atom. The SMILES string of the molecule is CCCN(CCC)Cc1c(O)c(=O)cc(C)n1CCO. The number of aromatic hydroxyl groups is 1. The molecule has 0 aliphatic rings. The maximum atomic E-state index is 11.8. The van der Waals surface area contributed by atoms with Crippen LogP contribution in [-0.2, 0) is 13.1 Å². The van der Waals surface area contributed by atoms with E-state index in [-0.39, 0.29) is 17.8 Å². The number of hydrogen-bond donors (Lipinski definition) is 2. The average Bonchev–Trinajstić information content (AvgIpc) is 2.40. The molecule has 0 radical (unpaired) electrons. The number of aromatic nitrogens is 1. The summed E-state index contributed by atoms with van der Waals surface area (Å²) in [5.74, 6) is -0.193. The quantitative estimate of drug-likeness (QED) is 0.758. The Labute approximate surface area is 120 Å². The van der Waals surface area contributed by atoms with Gasteiger partial charge in [0.05, 0.1) is 12.3 Å². The highest BCUT2D eigenvalue weighted by atomic mass is 16.3. The largest absolute Gasteiger partial charge is 0.503 e. The third-order valence-electron chi connectivity index (χ3n) is 3.37. The van der Waals surface area contributed by atoms with Gasteiger partial charge in [0.2, 0.25) is 5.43 Å². The minimum absolute atomic E-state index is 0.0162. The molecule has 0 aliphatic carbocycles. The van der Waals surface area contributed by atoms with Gasteiger partial charge in [-0.05, 0) is 32.9 Å². The van der Waals surface area contributed by atoms with E-state index in [4.69, 9.17) is 0 Å². The molecule has 0 amide bonds. The summed E-state index contributed by atoms with van der Waals surface area (Å²) < 4.78 is 1.83. The summed E-state index contributed by atoms with van der Waals surface area (Å²) in [5.41, 5.74) is 1.02. The highest BCUT2D eigenvalue weighted by Crippen LogP contribution is 2.17. The molecule has 0 saturated carbocycles. The zero-order valence-electron chi connectivity index (χ0n) is 12.7. The summed E-state index contributed by atoms with van der Waals surface area (Å²) in [5, 5.41) is 19.2. The van der Waals surface area contributed by atoms with Crippen LogP contribution < -0.4 is 5.43 Å². The van der Waals surface area contributed by atoms with Crippen LogP contribution in [0.3, 0.4) is 0 Å². The van der Waals surface area contributed by atoms with Crippen molar-refractivity contribution in [3.63, 3.8) is 0 Å². The van der Waals surface area contributed by atoms with Crippen LogP contribution >= 0.6 is 0 Å². The zero-order valence-corrected chi connectivity index (χ0v) is 12.7. The lowest BCUT2D eigenvalue weighted by atomic mass is 10.2. The Hall–Kier alpha value is -1.33. The standard InChI is InChI=1S/C15H26N2O3/c1-4-6-16(7-5-2)11-13-15(20)14(19)10-12(3)17(13)8-9-18/h10,18,20H,4-9,11H2,1-3H3. The molecule has 0 atom stereocenters. The van der Waals surface area contributed by atoms with Gasteiger partial charge in [-0.15, -0.1) is 0 Å². The first kappa shape index (κ1) is 16.7. The van der Waals surface area contributed by atoms with Crippen LogP contribution in [0.5, 0.6) is 5.75 Å². The van der Waals surface area contributed by atoms with Crippen LogP contribution in [0.4, 0.5) is 0 Å². The topological polar surface area (TPSA) is 65.7 Å². The predicted octanol–water partition coefficient (Wildman–Crippen LogP) is 1.48. The number of aliphatic hydroxyl groups excluding tert-OH is 1. The molecular formula is C15H26N2O3. The van der Waals surface area contributed by atoms with Gasteiger partial charge >= 0.3 is 0 Å². The van der Waals surface area contributed by atoms with E-state index in [1.807, 2.05) is 11.5 Å². The van der Waals surface area contributed by atoms with Crippen molar-refractivity contribution in [1.82, 2.24) is 9.47 Å². The van der Waals surface area contributed by atoms with Gasteiger partial charge in [-0.3, -0.25) is 9.69 Å². The second-order valence-corrected chi connectivity index (χ2v) is 5.10. The van der Waals surface area contributed by atoms with Crippen molar-refractivity contribution in [1.29, 1.82) is 0 Å². The van der Waals surface area contributed by atoms with Gasteiger partial charge in [-0.2, -0.15) is 0 Å². The van der Waals surface area contributed by atoms with Crippen LogP contribution in [0, 0.1) is 6.92 Å². The van der Waals surface area contributed by atoms with E-state index in [1.165, 1.54) is 6.07 Å². The number of nitrogens with zero attached hydrogens (tertiary/aromatic N) is 2. The molecule has 0 bridgehead atoms. The van der Waals surface area contributed by atoms with Crippen molar-refractivity contribution < 1.29 is 10.2 Å². The highest BCUT2D eigenvalue weighted by Gasteiger charge is 2.15. The van der Waals surface area contributed by atoms with E-state index < -0.39 is 0 Å². The first-order chi connectivity index (χ1) is 9.54. The van der Waals surface area contributed by atoms with E-state index in [0.717, 1.165) is 31.6 Å². The van der Waals surface area contributed by atoms with E-state index in [0.29, 0.717) is 18.8 Å². The molecule has 0 aliphatic heterocycles. The number of hydrogen-bond acceptors (Lipinski definition) is 4. The molecule has 1 aromatic rings. The Bertz CT molecular complexity index is 477. The smallest absolute Gasteiger partial charge is 0.223 e. The van der Waals surface area contributed by atoms with E-state index >= 15 is 0 Å². The lowest BCUT2D eigenvalue weighted by molar-refractivity contribution is 0.240. The summed E-state index contributed by atoms with van der Waals surface area (Å²) in [4.78, 5) is 14.0. The molecule has 0 spiro atoms. The molecule has 0 aromatic carbocycles. The molecule has 20 heavy (non-hydrogen) atoms. The molecule has 5 nitrogen and oxygen atoms in total. The average molecular weight is 282 g/mol. The van der Waals surface area contributed by atoms with Crippen molar-refractivity contribution in [2.24, 2.45) is 0 Å². The molecule has 114 valence electrons. The number of rotatable bonds is 8. The third kappa shape index (κ3) is 4.08. The van der Waals surface area contributed by atoms with Crippen molar-refractivity contribution in [3.8, 4) is 5.75 Å². The van der Waals surface area contributed by atoms with Crippen LogP contribution in [0.15, 0.2) is 10.9 Å². The van der Waals surface area contributed by atoms with Gasteiger partial charge < -0.3 is 14.8 Å². The molecule has 2 N–H and O–H groups in total. The normalized spacial score (nSPS) is 11.2. The summed E-state index contributed by atoms with van der Waals surface area (Å²) in [7, 11) is 0. The van der Waals surface area contributed by atoms with Crippen molar-refractivity contribution in [3.05, 3.63) is 27.7 Å². The lowest BCUT2D eigenvalue weighted by Gasteiger charge is -2.25. The molecule has 1 heterocycles. The van der Waals surface area contributed by atoms with E-state index in [9.17, 15) is 15.0 Å². The molecule has 0 fully saturated rings. The Morgan fingerprint density at radius 3 is 2.35 bits per heavy atom. The lowest BCUT2D eigenvalue weighted by Crippen LogP contribution is -2.29. The van der Waals surface area contributed by atoms with Gasteiger partial charge in [-0.25, -0.2) is 0 Å². The Morgan fingerprint density at radius 1 is 1.25 bits per heavy atom. The minimum atomic E-state index is -0.348. The fourth-order valence-electron chi connectivity index (χ4n) is 2.50. The molecular weight excluding hydrogens is 256 g/mol. The number of aliphatic hydroxyl groups is 1. The van der Waals surface area contributed by atoms with Crippen LogP contribution in [-0.4, -0.2) is 39.4 Å². The maximum absolute atomic E-state index is 11.8. The van der Waals surface area contributed by atoms with Crippen LogP contribution in [0.2, 0.25) is 0 Å². The van der Waals surface area contributed by atoms with Crippen molar-refractivity contribution >= 4 is 0 Å². The van der Waals surface area contributed by atoms with E-state index in [2.05, 4.69) is 18.7 Å². The van der Waals surface area contributed by atoms with Gasteiger partial charge in [0.25, 0.3) is 0 Å². The second-order valence-electron chi connectivity index (χ2n) is 5.10. The van der Waals surface area contributed by atoms with Gasteiger partial charge in [-0.1, -0.05) is 13.8 Å². The highest BCUT2D eigenvalue weighted by molar-refractivity contribution is 5.29. The summed E-state index contributed by atoms with van der Waals surface area (Å²) in [6.07, 6.45) is 2.05. The molecule has 5 heteroatoms. The van der Waals surface area contributed by atoms with Gasteiger partial charge in [0, 0.05) is 24.8 Å². The third-order valence-corrected chi connectivity index (χ3v) is 3.37. The summed E-state index contributed by atoms with van der Waals surface area (Å²) in [6, 6.07) is 1.42. The zero-order chi connectivity index (χ0) is 15.1. The van der Waals surface area contributed by atoms with Crippen molar-refractivity contribution in [2.45, 2.75) is 46.7 Å². The number of aryl methyl sites for hydroxylation is 1. The second kappa shape index (κ2) is 8.07. The first-order valence-corrected chi connectivity index (χ1v) is 7.30. The Balaban J connectivity index is 3.16. The molecule has 1 rings (SSSR count). The fraction of sp³-hybridized carbons (Fsp3) is 0.667. The Kier molecular flexibility index (Phi) is 6.75. The summed E-state index contributed by atoms with van der Waals surface area (Å²) in [6.45, 7) is 8.80. The van der Waals surface area contributed by atoms with Gasteiger partial charge in [0.15, 0.2) is 5.75 Å². The monoisotopic (exact) mass is 282 g/mol. The van der Waals surface area contributed by atoms with Crippen LogP contribution in [0.1, 0.15) is 38.1 Å². The number of pyridine rings is 1.